The molecule has 0 atom stereocenters. The van der Waals surface area contributed by atoms with E-state index in [2.05, 4.69) is 16.4 Å². The van der Waals surface area contributed by atoms with Gasteiger partial charge in [-0.15, -0.1) is 0 Å². The number of hydrogen-bond acceptors (Lipinski definition) is 6. The number of amides is 1. The van der Waals surface area contributed by atoms with Gasteiger partial charge in [0.15, 0.2) is 6.61 Å². The third-order valence-corrected chi connectivity index (χ3v) is 4.26. The molecule has 0 aliphatic heterocycles. The Morgan fingerprint density at radius 2 is 1.55 bits per heavy atom. The van der Waals surface area contributed by atoms with Crippen LogP contribution >= 0.6 is 0 Å². The van der Waals surface area contributed by atoms with Crippen LogP contribution in [0.15, 0.2) is 48.5 Å². The topological polar surface area (TPSA) is 117 Å². The summed E-state index contributed by atoms with van der Waals surface area (Å²) in [5.74, 6) is 1.27. The zero-order valence-electron chi connectivity index (χ0n) is 16.3. The normalized spacial score (nSPS) is 11.0. The van der Waals surface area contributed by atoms with Gasteiger partial charge in [-0.25, -0.2) is 0 Å². The van der Waals surface area contributed by atoms with Crippen molar-refractivity contribution in [1.82, 2.24) is 5.32 Å². The smallest absolute Gasteiger partial charge is 0.380 e. The van der Waals surface area contributed by atoms with Crippen LogP contribution in [0, 0.1) is 0 Å². The molecule has 8 nitrogen and oxygen atoms in total. The second-order valence-corrected chi connectivity index (χ2v) is 7.43. The number of carbonyl (C=O) groups excluding carboxylic acids is 1. The number of hydrogen-bond donors (Lipinski definition) is 2. The van der Waals surface area contributed by atoms with Gasteiger partial charge >= 0.3 is 10.3 Å². The first kappa shape index (κ1) is 22.5. The zero-order valence-corrected chi connectivity index (χ0v) is 17.1. The Morgan fingerprint density at radius 3 is 2.14 bits per heavy atom. The molecule has 1 amide bonds. The molecule has 29 heavy (non-hydrogen) atoms. The average molecular weight is 423 g/mol. The van der Waals surface area contributed by atoms with Gasteiger partial charge < -0.3 is 19.0 Å². The van der Waals surface area contributed by atoms with Gasteiger partial charge in [0.1, 0.15) is 17.2 Å². The Hall–Kier alpha value is -2.78. The first-order valence-electron chi connectivity index (χ1n) is 9.29. The fourth-order valence-corrected chi connectivity index (χ4v) is 2.74. The fraction of sp³-hybridized carbons (Fsp3) is 0.350. The minimum Gasteiger partial charge on any atom is -0.494 e. The Morgan fingerprint density at radius 1 is 0.966 bits per heavy atom. The van der Waals surface area contributed by atoms with Crippen molar-refractivity contribution >= 4 is 16.2 Å². The van der Waals surface area contributed by atoms with Gasteiger partial charge in [-0.05, 0) is 54.8 Å². The summed E-state index contributed by atoms with van der Waals surface area (Å²) in [5, 5.41) is 7.57. The summed E-state index contributed by atoms with van der Waals surface area (Å²) in [6, 6.07) is 13.6. The van der Waals surface area contributed by atoms with Crippen molar-refractivity contribution in [3.05, 3.63) is 54.1 Å². The van der Waals surface area contributed by atoms with E-state index in [9.17, 15) is 13.2 Å². The number of nitrogens with one attached hydrogen (secondary N) is 1. The summed E-state index contributed by atoms with van der Waals surface area (Å²) in [6.45, 7) is 3.12. The minimum absolute atomic E-state index is 0.0861. The molecular formula is C20H26N2O6S. The second-order valence-electron chi connectivity index (χ2n) is 6.28. The molecule has 0 aliphatic rings. The van der Waals surface area contributed by atoms with Crippen molar-refractivity contribution in [2.24, 2.45) is 5.14 Å². The van der Waals surface area contributed by atoms with Crippen molar-refractivity contribution in [3.8, 4) is 17.2 Å². The first-order chi connectivity index (χ1) is 13.9. The lowest BCUT2D eigenvalue weighted by Crippen LogP contribution is -2.30. The standard InChI is InChI=1S/C20H26N2O6S/c1-2-3-14-26-17-8-10-18(11-9-17)27-15-20(23)22-13-12-16-4-6-19(7-5-16)28-29(21,24)25/h4-11H,2-3,12-15H2,1H3,(H,22,23)(H2,21,24,25). The Kier molecular flexibility index (Phi) is 8.75. The van der Waals surface area contributed by atoms with Gasteiger partial charge in [-0.1, -0.05) is 25.5 Å². The van der Waals surface area contributed by atoms with Gasteiger partial charge in [0, 0.05) is 6.54 Å². The number of ether oxygens (including phenoxy) is 2. The predicted molar refractivity (Wildman–Crippen MR) is 109 cm³/mol. The SMILES string of the molecule is CCCCOc1ccc(OCC(=O)NCCc2ccc(OS(N)(=O)=O)cc2)cc1. The van der Waals surface area contributed by atoms with Crippen LogP contribution < -0.4 is 24.1 Å². The van der Waals surface area contributed by atoms with E-state index in [-0.39, 0.29) is 18.3 Å². The molecule has 0 fully saturated rings. The van der Waals surface area contributed by atoms with E-state index in [0.717, 1.165) is 24.2 Å². The molecule has 0 saturated carbocycles. The van der Waals surface area contributed by atoms with E-state index in [1.165, 1.54) is 12.1 Å². The van der Waals surface area contributed by atoms with Gasteiger partial charge in [-0.2, -0.15) is 13.6 Å². The molecule has 0 radical (unpaired) electrons. The van der Waals surface area contributed by atoms with E-state index in [1.54, 1.807) is 24.3 Å². The van der Waals surface area contributed by atoms with Crippen molar-refractivity contribution in [3.63, 3.8) is 0 Å². The van der Waals surface area contributed by atoms with E-state index in [4.69, 9.17) is 14.6 Å². The maximum atomic E-state index is 11.9. The molecule has 0 bridgehead atoms. The molecule has 0 saturated heterocycles. The highest BCUT2D eigenvalue weighted by Crippen LogP contribution is 2.18. The summed E-state index contributed by atoms with van der Waals surface area (Å²) >= 11 is 0. The largest absolute Gasteiger partial charge is 0.494 e. The second kappa shape index (κ2) is 11.3. The quantitative estimate of drug-likeness (QED) is 0.507. The maximum absolute atomic E-state index is 11.9. The maximum Gasteiger partial charge on any atom is 0.380 e. The van der Waals surface area contributed by atoms with Crippen molar-refractivity contribution < 1.29 is 26.9 Å². The summed E-state index contributed by atoms with van der Waals surface area (Å²) in [5.41, 5.74) is 0.909. The molecule has 2 rings (SSSR count). The average Bonchev–Trinajstić information content (AvgIpc) is 2.68. The molecule has 158 valence electrons. The first-order valence-corrected chi connectivity index (χ1v) is 10.8. The molecule has 2 aromatic carbocycles. The van der Waals surface area contributed by atoms with Crippen LogP contribution in [0.25, 0.3) is 0 Å². The molecule has 2 aromatic rings. The number of nitrogens with two attached hydrogens (primary N) is 1. The lowest BCUT2D eigenvalue weighted by molar-refractivity contribution is -0.123. The molecule has 0 spiro atoms. The highest BCUT2D eigenvalue weighted by Gasteiger charge is 2.06. The highest BCUT2D eigenvalue weighted by molar-refractivity contribution is 7.84. The molecular weight excluding hydrogens is 396 g/mol. The van der Waals surface area contributed by atoms with Gasteiger partial charge in [-0.3, -0.25) is 4.79 Å². The molecule has 0 aromatic heterocycles. The van der Waals surface area contributed by atoms with Crippen molar-refractivity contribution in [2.75, 3.05) is 19.8 Å². The van der Waals surface area contributed by atoms with E-state index in [1.807, 2.05) is 12.1 Å². The van der Waals surface area contributed by atoms with Crippen LogP contribution in [0.1, 0.15) is 25.3 Å². The molecule has 0 aliphatic carbocycles. The van der Waals surface area contributed by atoms with Gasteiger partial charge in [0.05, 0.1) is 6.61 Å². The number of benzene rings is 2. The number of carbonyl (C=O) groups is 1. The minimum atomic E-state index is -4.03. The van der Waals surface area contributed by atoms with Crippen LogP contribution in [0.2, 0.25) is 0 Å². The Bertz CT molecular complexity index is 867. The van der Waals surface area contributed by atoms with Crippen LogP contribution in [0.4, 0.5) is 0 Å². The van der Waals surface area contributed by atoms with Gasteiger partial charge in [0.2, 0.25) is 0 Å². The van der Waals surface area contributed by atoms with Crippen LogP contribution in [0.3, 0.4) is 0 Å². The zero-order chi connectivity index (χ0) is 21.1. The molecule has 3 N–H and O–H groups in total. The van der Waals surface area contributed by atoms with Crippen LogP contribution in [0.5, 0.6) is 17.2 Å². The number of rotatable bonds is 12. The van der Waals surface area contributed by atoms with Crippen LogP contribution in [-0.2, 0) is 21.5 Å². The van der Waals surface area contributed by atoms with Crippen molar-refractivity contribution in [1.29, 1.82) is 0 Å². The summed E-state index contributed by atoms with van der Waals surface area (Å²) in [4.78, 5) is 11.9. The summed E-state index contributed by atoms with van der Waals surface area (Å²) < 4.78 is 37.3. The lowest BCUT2D eigenvalue weighted by Gasteiger charge is -2.09. The Balaban J connectivity index is 1.67. The molecule has 0 heterocycles. The lowest BCUT2D eigenvalue weighted by atomic mass is 10.1. The van der Waals surface area contributed by atoms with Crippen LogP contribution in [-0.4, -0.2) is 34.1 Å². The predicted octanol–water partition coefficient (Wildman–Crippen LogP) is 2.19. The molecule has 9 heteroatoms. The third kappa shape index (κ3) is 9.31. The summed E-state index contributed by atoms with van der Waals surface area (Å²) in [7, 11) is -4.03. The van der Waals surface area contributed by atoms with E-state index >= 15 is 0 Å². The number of unbranched alkanes of at least 4 members (excludes halogenated alkanes) is 1. The Labute approximate surface area is 171 Å². The molecule has 0 unspecified atom stereocenters. The highest BCUT2D eigenvalue weighted by atomic mass is 32.2. The van der Waals surface area contributed by atoms with E-state index in [0.29, 0.717) is 25.3 Å². The third-order valence-electron chi connectivity index (χ3n) is 3.83. The van der Waals surface area contributed by atoms with Crippen molar-refractivity contribution in [2.45, 2.75) is 26.2 Å². The van der Waals surface area contributed by atoms with E-state index < -0.39 is 10.3 Å². The monoisotopic (exact) mass is 422 g/mol. The summed E-state index contributed by atoms with van der Waals surface area (Å²) in [6.07, 6.45) is 2.66. The van der Waals surface area contributed by atoms with Gasteiger partial charge in [0.25, 0.3) is 5.91 Å². The fourth-order valence-electron chi connectivity index (χ4n) is 2.36.